The molecule has 0 atom stereocenters. The zero-order chi connectivity index (χ0) is 11.0. The summed E-state index contributed by atoms with van der Waals surface area (Å²) in [6.45, 7) is 0. The molecule has 0 saturated carbocycles. The van der Waals surface area contributed by atoms with Crippen LogP contribution in [-0.2, 0) is 0 Å². The molecule has 0 amide bonds. The van der Waals surface area contributed by atoms with E-state index in [-0.39, 0.29) is 29.7 Å². The molecule has 4 heteroatoms. The van der Waals surface area contributed by atoms with Crippen LogP contribution in [0, 0.1) is 0 Å². The van der Waals surface area contributed by atoms with Gasteiger partial charge >= 0.3 is 0 Å². The molecule has 0 bridgehead atoms. The molecule has 0 unspecified atom stereocenters. The van der Waals surface area contributed by atoms with Gasteiger partial charge in [-0.15, -0.1) is 11.3 Å². The third-order valence-corrected chi connectivity index (χ3v) is 3.50. The maximum atomic E-state index is 9.76. The number of aromatic nitrogens is 1. The first-order valence-electron chi connectivity index (χ1n) is 4.98. The Bertz CT molecular complexity index is 617. The van der Waals surface area contributed by atoms with E-state index in [1.807, 2.05) is 42.5 Å². The van der Waals surface area contributed by atoms with Crippen LogP contribution >= 0.6 is 11.3 Å². The van der Waals surface area contributed by atoms with Crippen molar-refractivity contribution in [3.8, 4) is 16.3 Å². The number of hydrogen-bond donors (Lipinski definition) is 1. The molecule has 3 aromatic rings. The number of fused-ring (bicyclic) bond motifs is 1. The normalized spacial score (nSPS) is 10.1. The molecule has 0 aliphatic carbocycles. The third-order valence-electron chi connectivity index (χ3n) is 2.43. The van der Waals surface area contributed by atoms with Crippen molar-refractivity contribution in [2.24, 2.45) is 0 Å². The molecular formula is C13H9NOSSn. The fourth-order valence-corrected chi connectivity index (χ4v) is 2.64. The molecule has 0 fully saturated rings. The Hall–Kier alpha value is -1.07. The predicted molar refractivity (Wildman–Crippen MR) is 72.5 cm³/mol. The van der Waals surface area contributed by atoms with Crippen molar-refractivity contribution in [2.45, 2.75) is 0 Å². The molecular weight excluding hydrogens is 337 g/mol. The van der Waals surface area contributed by atoms with Gasteiger partial charge in [-0.25, -0.2) is 4.98 Å². The smallest absolute Gasteiger partial charge is 0.128 e. The number of nitrogens with zero attached hydrogens (tertiary/aromatic N) is 1. The van der Waals surface area contributed by atoms with Gasteiger partial charge in [-0.1, -0.05) is 24.3 Å². The third kappa shape index (κ3) is 2.30. The van der Waals surface area contributed by atoms with Gasteiger partial charge in [-0.2, -0.15) is 0 Å². The van der Waals surface area contributed by atoms with Crippen LogP contribution in [0.5, 0.6) is 5.75 Å². The summed E-state index contributed by atoms with van der Waals surface area (Å²) in [4.78, 5) is 4.50. The van der Waals surface area contributed by atoms with Crippen LogP contribution in [0.2, 0.25) is 0 Å². The summed E-state index contributed by atoms with van der Waals surface area (Å²) in [7, 11) is 0. The van der Waals surface area contributed by atoms with Gasteiger partial charge in [-0.05, 0) is 24.3 Å². The minimum absolute atomic E-state index is 0. The Labute approximate surface area is 120 Å². The average Bonchev–Trinajstić information content (AvgIpc) is 2.73. The molecule has 0 aliphatic rings. The number of phenolic OH excluding ortho intramolecular Hbond substituents is 1. The second-order valence-electron chi connectivity index (χ2n) is 3.50. The van der Waals surface area contributed by atoms with Gasteiger partial charge in [0.1, 0.15) is 10.8 Å². The van der Waals surface area contributed by atoms with E-state index >= 15 is 0 Å². The second kappa shape index (κ2) is 5.06. The molecule has 82 valence electrons. The maximum Gasteiger partial charge on any atom is 0.128 e. The van der Waals surface area contributed by atoms with E-state index in [0.29, 0.717) is 0 Å². The van der Waals surface area contributed by atoms with E-state index in [1.54, 1.807) is 17.4 Å². The fourth-order valence-electron chi connectivity index (χ4n) is 1.64. The summed E-state index contributed by atoms with van der Waals surface area (Å²) in [5, 5.41) is 10.6. The van der Waals surface area contributed by atoms with Gasteiger partial charge < -0.3 is 5.11 Å². The summed E-state index contributed by atoms with van der Waals surface area (Å²) in [5.41, 5.74) is 1.77. The first-order valence-corrected chi connectivity index (χ1v) is 5.80. The maximum absolute atomic E-state index is 9.76. The molecule has 2 aromatic carbocycles. The molecule has 17 heavy (non-hydrogen) atoms. The van der Waals surface area contributed by atoms with E-state index in [1.165, 1.54) is 0 Å². The first-order chi connectivity index (χ1) is 7.84. The van der Waals surface area contributed by atoms with Crippen LogP contribution in [0.4, 0.5) is 0 Å². The van der Waals surface area contributed by atoms with Crippen LogP contribution in [0.15, 0.2) is 48.5 Å². The minimum Gasteiger partial charge on any atom is -0.507 e. The summed E-state index contributed by atoms with van der Waals surface area (Å²) in [6, 6.07) is 15.3. The van der Waals surface area contributed by atoms with E-state index in [9.17, 15) is 5.11 Å². The van der Waals surface area contributed by atoms with E-state index in [2.05, 4.69) is 4.98 Å². The van der Waals surface area contributed by atoms with Gasteiger partial charge in [-0.3, -0.25) is 0 Å². The molecule has 0 spiro atoms. The minimum atomic E-state index is 0. The Morgan fingerprint density at radius 1 is 0.941 bits per heavy atom. The van der Waals surface area contributed by atoms with Crippen LogP contribution < -0.4 is 0 Å². The van der Waals surface area contributed by atoms with Gasteiger partial charge in [0, 0.05) is 23.9 Å². The van der Waals surface area contributed by atoms with E-state index < -0.39 is 0 Å². The van der Waals surface area contributed by atoms with Crippen molar-refractivity contribution in [2.75, 3.05) is 0 Å². The Morgan fingerprint density at radius 3 is 2.41 bits per heavy atom. The topological polar surface area (TPSA) is 33.1 Å². The Balaban J connectivity index is 0.00000108. The number of aromatic hydroxyl groups is 1. The monoisotopic (exact) mass is 347 g/mol. The number of rotatable bonds is 1. The van der Waals surface area contributed by atoms with Crippen LogP contribution in [0.25, 0.3) is 20.8 Å². The first kappa shape index (κ1) is 12.4. The standard InChI is InChI=1S/C13H9NOS.Sn/c15-11-7-3-1-5-9(11)13-14-10-6-2-4-8-12(10)16-13;/h1-8,15H;. The zero-order valence-corrected chi connectivity index (χ0v) is 12.6. The number of phenols is 1. The zero-order valence-electron chi connectivity index (χ0n) is 8.92. The number of benzene rings is 2. The SMILES string of the molecule is Oc1ccccc1-c1nc2ccccc2s1.[Sn]. The molecule has 1 heterocycles. The molecule has 4 radical (unpaired) electrons. The summed E-state index contributed by atoms with van der Waals surface area (Å²) in [6.07, 6.45) is 0. The fraction of sp³-hybridized carbons (Fsp3) is 0. The Morgan fingerprint density at radius 2 is 1.65 bits per heavy atom. The summed E-state index contributed by atoms with van der Waals surface area (Å²) < 4.78 is 1.14. The van der Waals surface area contributed by atoms with Crippen LogP contribution in [-0.4, -0.2) is 34.0 Å². The Kier molecular flexibility index (Phi) is 3.69. The van der Waals surface area contributed by atoms with E-state index in [4.69, 9.17) is 0 Å². The average molecular weight is 346 g/mol. The molecule has 1 N–H and O–H groups in total. The summed E-state index contributed by atoms with van der Waals surface area (Å²) >= 11 is 1.59. The van der Waals surface area contributed by atoms with Crippen molar-refractivity contribution in [3.05, 3.63) is 48.5 Å². The molecule has 3 rings (SSSR count). The van der Waals surface area contributed by atoms with Gasteiger partial charge in [0.15, 0.2) is 0 Å². The molecule has 0 saturated heterocycles. The van der Waals surface area contributed by atoms with E-state index in [0.717, 1.165) is 20.8 Å². The number of hydrogen-bond acceptors (Lipinski definition) is 3. The largest absolute Gasteiger partial charge is 0.507 e. The summed E-state index contributed by atoms with van der Waals surface area (Å²) in [5.74, 6) is 0.279. The predicted octanol–water partition coefficient (Wildman–Crippen LogP) is 3.29. The number of thiazole rings is 1. The van der Waals surface area contributed by atoms with Crippen molar-refractivity contribution >= 4 is 45.5 Å². The molecule has 1 aromatic heterocycles. The van der Waals surface area contributed by atoms with Crippen LogP contribution in [0.3, 0.4) is 0 Å². The molecule has 0 aliphatic heterocycles. The van der Waals surface area contributed by atoms with Gasteiger partial charge in [0.2, 0.25) is 0 Å². The molecule has 2 nitrogen and oxygen atoms in total. The van der Waals surface area contributed by atoms with Gasteiger partial charge in [0.25, 0.3) is 0 Å². The quantitative estimate of drug-likeness (QED) is 0.686. The van der Waals surface area contributed by atoms with Crippen molar-refractivity contribution in [1.82, 2.24) is 4.98 Å². The van der Waals surface area contributed by atoms with Crippen molar-refractivity contribution in [3.63, 3.8) is 0 Å². The van der Waals surface area contributed by atoms with Gasteiger partial charge in [0.05, 0.1) is 15.8 Å². The van der Waals surface area contributed by atoms with Crippen LogP contribution in [0.1, 0.15) is 0 Å². The van der Waals surface area contributed by atoms with Crippen molar-refractivity contribution < 1.29 is 5.11 Å². The second-order valence-corrected chi connectivity index (χ2v) is 4.53. The van der Waals surface area contributed by atoms with Crippen molar-refractivity contribution in [1.29, 1.82) is 0 Å². The number of para-hydroxylation sites is 2.